The van der Waals surface area contributed by atoms with E-state index in [0.717, 1.165) is 17.0 Å². The van der Waals surface area contributed by atoms with Crippen LogP contribution in [-0.4, -0.2) is 6.04 Å². The maximum absolute atomic E-state index is 5.94. The average Bonchev–Trinajstić information content (AvgIpc) is 2.16. The fourth-order valence-corrected chi connectivity index (χ4v) is 1.56. The first-order valence-electron chi connectivity index (χ1n) is 5.27. The summed E-state index contributed by atoms with van der Waals surface area (Å²) in [4.78, 5) is 0. The molecule has 1 atom stereocenters. The third kappa shape index (κ3) is 6.16. The van der Waals surface area contributed by atoms with Crippen molar-refractivity contribution < 1.29 is 0 Å². The molecule has 0 unspecified atom stereocenters. The summed E-state index contributed by atoms with van der Waals surface area (Å²) >= 11 is 5.79. The van der Waals surface area contributed by atoms with Crippen molar-refractivity contribution in [2.75, 3.05) is 0 Å². The summed E-state index contributed by atoms with van der Waals surface area (Å²) in [5.41, 5.74) is 7.08. The highest BCUT2D eigenvalue weighted by Crippen LogP contribution is 2.11. The van der Waals surface area contributed by atoms with Crippen molar-refractivity contribution >= 4 is 30.1 Å². The van der Waals surface area contributed by atoms with Gasteiger partial charge in [0.2, 0.25) is 0 Å². The number of benzene rings is 1. The van der Waals surface area contributed by atoms with E-state index in [4.69, 9.17) is 17.3 Å². The smallest absolute Gasteiger partial charge is 0.0406 e. The molecule has 90 valence electrons. The normalized spacial score (nSPS) is 12.8. The van der Waals surface area contributed by atoms with Gasteiger partial charge in [0, 0.05) is 11.1 Å². The molecule has 1 aromatic rings. The van der Waals surface area contributed by atoms with E-state index in [1.54, 1.807) is 0 Å². The van der Waals surface area contributed by atoms with E-state index < -0.39 is 0 Å². The van der Waals surface area contributed by atoms with Crippen molar-refractivity contribution in [1.29, 1.82) is 0 Å². The molecule has 3 heteroatoms. The Morgan fingerprint density at radius 1 is 1.25 bits per heavy atom. The maximum atomic E-state index is 5.94. The molecule has 1 nitrogen and oxygen atoms in total. The minimum atomic E-state index is 0. The Morgan fingerprint density at radius 2 is 1.81 bits per heavy atom. The van der Waals surface area contributed by atoms with Crippen LogP contribution in [0.15, 0.2) is 30.3 Å². The van der Waals surface area contributed by atoms with Crippen LogP contribution in [0.3, 0.4) is 0 Å². The summed E-state index contributed by atoms with van der Waals surface area (Å²) in [7, 11) is 0. The first kappa shape index (κ1) is 15.5. The summed E-state index contributed by atoms with van der Waals surface area (Å²) in [6.07, 6.45) is 5.11. The molecule has 0 radical (unpaired) electrons. The van der Waals surface area contributed by atoms with Crippen LogP contribution >= 0.6 is 24.0 Å². The molecule has 0 saturated heterocycles. The van der Waals surface area contributed by atoms with Gasteiger partial charge in [0.15, 0.2) is 0 Å². The highest BCUT2D eigenvalue weighted by atomic mass is 35.5. The zero-order valence-electron chi connectivity index (χ0n) is 9.69. The molecule has 0 heterocycles. The van der Waals surface area contributed by atoms with Crippen molar-refractivity contribution in [2.45, 2.75) is 26.3 Å². The minimum absolute atomic E-state index is 0. The lowest BCUT2D eigenvalue weighted by Gasteiger charge is -2.08. The second-order valence-corrected chi connectivity index (χ2v) is 4.64. The van der Waals surface area contributed by atoms with Crippen LogP contribution in [0.4, 0.5) is 0 Å². The van der Waals surface area contributed by atoms with E-state index in [9.17, 15) is 0 Å². The van der Waals surface area contributed by atoms with Crippen LogP contribution in [0.25, 0.3) is 6.08 Å². The van der Waals surface area contributed by atoms with Crippen LogP contribution in [-0.2, 0) is 0 Å². The molecule has 0 saturated carbocycles. The van der Waals surface area contributed by atoms with E-state index >= 15 is 0 Å². The Labute approximate surface area is 109 Å². The molecule has 0 spiro atoms. The van der Waals surface area contributed by atoms with Gasteiger partial charge in [0.1, 0.15) is 0 Å². The lowest BCUT2D eigenvalue weighted by atomic mass is 10.0. The Bertz CT molecular complexity index is 317. The van der Waals surface area contributed by atoms with Crippen molar-refractivity contribution in [3.8, 4) is 0 Å². The summed E-state index contributed by atoms with van der Waals surface area (Å²) < 4.78 is 0. The highest BCUT2D eigenvalue weighted by Gasteiger charge is 2.00. The van der Waals surface area contributed by atoms with Gasteiger partial charge in [-0.1, -0.05) is 49.7 Å². The molecule has 0 aromatic heterocycles. The fraction of sp³-hybridized carbons (Fsp3) is 0.385. The number of halogens is 2. The zero-order valence-corrected chi connectivity index (χ0v) is 11.3. The van der Waals surface area contributed by atoms with Crippen LogP contribution in [0.2, 0.25) is 5.02 Å². The van der Waals surface area contributed by atoms with Crippen LogP contribution < -0.4 is 5.73 Å². The minimum Gasteiger partial charge on any atom is -0.324 e. The van der Waals surface area contributed by atoms with E-state index in [0.29, 0.717) is 5.92 Å². The SMILES string of the molecule is CC(C)C[C@H](N)/C=C/c1ccc(Cl)cc1.Cl. The first-order chi connectivity index (χ1) is 7.08. The number of rotatable bonds is 4. The van der Waals surface area contributed by atoms with Crippen LogP contribution in [0.1, 0.15) is 25.8 Å². The molecule has 1 aromatic carbocycles. The first-order valence-corrected chi connectivity index (χ1v) is 5.65. The lowest BCUT2D eigenvalue weighted by Crippen LogP contribution is -2.18. The summed E-state index contributed by atoms with van der Waals surface area (Å²) in [5.74, 6) is 0.634. The summed E-state index contributed by atoms with van der Waals surface area (Å²) in [6, 6.07) is 7.88. The fourth-order valence-electron chi connectivity index (χ4n) is 1.43. The molecular formula is C13H19Cl2N. The Balaban J connectivity index is 0.00000225. The molecule has 16 heavy (non-hydrogen) atoms. The van der Waals surface area contributed by atoms with Gasteiger partial charge in [0.25, 0.3) is 0 Å². The second kappa shape index (κ2) is 7.72. The zero-order chi connectivity index (χ0) is 11.3. The van der Waals surface area contributed by atoms with E-state index in [1.165, 1.54) is 0 Å². The lowest BCUT2D eigenvalue weighted by molar-refractivity contribution is 0.547. The molecule has 0 aliphatic rings. The van der Waals surface area contributed by atoms with Gasteiger partial charge in [-0.25, -0.2) is 0 Å². The Kier molecular flexibility index (Phi) is 7.48. The average molecular weight is 260 g/mol. The molecule has 2 N–H and O–H groups in total. The Morgan fingerprint density at radius 3 is 2.31 bits per heavy atom. The molecular weight excluding hydrogens is 241 g/mol. The van der Waals surface area contributed by atoms with Crippen molar-refractivity contribution in [3.05, 3.63) is 40.9 Å². The van der Waals surface area contributed by atoms with Crippen molar-refractivity contribution in [2.24, 2.45) is 11.7 Å². The molecule has 0 amide bonds. The van der Waals surface area contributed by atoms with Gasteiger partial charge in [-0.15, -0.1) is 12.4 Å². The topological polar surface area (TPSA) is 26.0 Å². The van der Waals surface area contributed by atoms with Gasteiger partial charge < -0.3 is 5.73 Å². The largest absolute Gasteiger partial charge is 0.324 e. The maximum Gasteiger partial charge on any atom is 0.0406 e. The third-order valence-electron chi connectivity index (χ3n) is 2.15. The van der Waals surface area contributed by atoms with Crippen LogP contribution in [0, 0.1) is 5.92 Å². The molecule has 0 aliphatic carbocycles. The number of nitrogens with two attached hydrogens (primary N) is 1. The molecule has 0 fully saturated rings. The number of hydrogen-bond donors (Lipinski definition) is 1. The predicted octanol–water partition coefficient (Wildman–Crippen LogP) is 4.15. The van der Waals surface area contributed by atoms with E-state index in [1.807, 2.05) is 36.4 Å². The van der Waals surface area contributed by atoms with Crippen molar-refractivity contribution in [1.82, 2.24) is 0 Å². The van der Waals surface area contributed by atoms with E-state index in [2.05, 4.69) is 13.8 Å². The predicted molar refractivity (Wildman–Crippen MR) is 75.2 cm³/mol. The Hall–Kier alpha value is -0.500. The van der Waals surface area contributed by atoms with Gasteiger partial charge >= 0.3 is 0 Å². The quantitative estimate of drug-likeness (QED) is 0.864. The van der Waals surface area contributed by atoms with Gasteiger partial charge in [-0.3, -0.25) is 0 Å². The molecule has 1 rings (SSSR count). The summed E-state index contributed by atoms with van der Waals surface area (Å²) in [5, 5.41) is 0.763. The van der Waals surface area contributed by atoms with Gasteiger partial charge in [0.05, 0.1) is 0 Å². The number of hydrogen-bond acceptors (Lipinski definition) is 1. The standard InChI is InChI=1S/C13H18ClN.ClH/c1-10(2)9-13(15)8-5-11-3-6-12(14)7-4-11;/h3-8,10,13H,9,15H2,1-2H3;1H/b8-5+;/t13-;/m1./s1. The monoisotopic (exact) mass is 259 g/mol. The third-order valence-corrected chi connectivity index (χ3v) is 2.40. The van der Waals surface area contributed by atoms with Crippen molar-refractivity contribution in [3.63, 3.8) is 0 Å². The van der Waals surface area contributed by atoms with E-state index in [-0.39, 0.29) is 18.4 Å². The van der Waals surface area contributed by atoms with Gasteiger partial charge in [-0.05, 0) is 30.0 Å². The molecule has 0 bridgehead atoms. The second-order valence-electron chi connectivity index (χ2n) is 4.20. The van der Waals surface area contributed by atoms with Crippen LogP contribution in [0.5, 0.6) is 0 Å². The summed E-state index contributed by atoms with van der Waals surface area (Å²) in [6.45, 7) is 4.35. The van der Waals surface area contributed by atoms with Gasteiger partial charge in [-0.2, -0.15) is 0 Å². The molecule has 0 aliphatic heterocycles. The highest BCUT2D eigenvalue weighted by molar-refractivity contribution is 6.30.